The number of fused-ring (bicyclic) bond motifs is 6. The third kappa shape index (κ3) is 4.25. The van der Waals surface area contributed by atoms with Crippen molar-refractivity contribution in [3.05, 3.63) is 170 Å². The summed E-state index contributed by atoms with van der Waals surface area (Å²) in [6.45, 7) is 0. The third-order valence-electron chi connectivity index (χ3n) is 8.87. The molecule has 216 valence electrons. The summed E-state index contributed by atoms with van der Waals surface area (Å²) in [6.07, 6.45) is 1.85. The first-order valence-electron chi connectivity index (χ1n) is 15.6. The largest absolute Gasteiger partial charge is 0.455 e. The summed E-state index contributed by atoms with van der Waals surface area (Å²) in [5.74, 6) is 0. The Kier molecular flexibility index (Phi) is 6.14. The highest BCUT2D eigenvalue weighted by molar-refractivity contribution is 6.25. The van der Waals surface area contributed by atoms with Crippen molar-refractivity contribution >= 4 is 60.5 Å². The van der Waals surface area contributed by atoms with Crippen LogP contribution in [0.4, 0.5) is 17.1 Å². The highest BCUT2D eigenvalue weighted by Gasteiger charge is 2.21. The second kappa shape index (κ2) is 10.8. The number of benzene rings is 7. The van der Waals surface area contributed by atoms with Crippen LogP contribution in [0.25, 0.3) is 65.9 Å². The Labute approximate surface area is 266 Å². The fourth-order valence-corrected chi connectivity index (χ4v) is 6.84. The van der Waals surface area contributed by atoms with E-state index >= 15 is 0 Å². The van der Waals surface area contributed by atoms with Crippen molar-refractivity contribution in [3.63, 3.8) is 0 Å². The van der Waals surface area contributed by atoms with E-state index < -0.39 is 0 Å². The van der Waals surface area contributed by atoms with Gasteiger partial charge in [-0.1, -0.05) is 109 Å². The SMILES string of the molecule is c1ccc(N(c2cccc(-c3cc4ccccc4c4c3oc3cccc(-c5ccccn5)c34)c2)c2cccc3ccccc23)cc1. The Morgan fingerprint density at radius 3 is 2.07 bits per heavy atom. The molecule has 9 rings (SSSR count). The van der Waals surface area contributed by atoms with Crippen LogP contribution in [-0.4, -0.2) is 4.98 Å². The topological polar surface area (TPSA) is 29.3 Å². The fourth-order valence-electron chi connectivity index (χ4n) is 6.84. The zero-order valence-electron chi connectivity index (χ0n) is 25.0. The van der Waals surface area contributed by atoms with E-state index in [1.165, 1.54) is 21.5 Å². The first-order chi connectivity index (χ1) is 22.8. The van der Waals surface area contributed by atoms with E-state index in [1.54, 1.807) is 0 Å². The molecule has 9 aromatic rings. The third-order valence-corrected chi connectivity index (χ3v) is 8.87. The van der Waals surface area contributed by atoms with E-state index in [0.717, 1.165) is 61.4 Å². The molecule has 0 N–H and O–H groups in total. The van der Waals surface area contributed by atoms with Crippen LogP contribution < -0.4 is 4.90 Å². The summed E-state index contributed by atoms with van der Waals surface area (Å²) in [4.78, 5) is 7.06. The molecule has 0 radical (unpaired) electrons. The Balaban J connectivity index is 1.31. The molecule has 0 bridgehead atoms. The van der Waals surface area contributed by atoms with E-state index in [4.69, 9.17) is 9.40 Å². The number of nitrogens with zero attached hydrogens (tertiary/aromatic N) is 2. The lowest BCUT2D eigenvalue weighted by atomic mass is 9.94. The second-order valence-electron chi connectivity index (χ2n) is 11.6. The van der Waals surface area contributed by atoms with Gasteiger partial charge in [0.2, 0.25) is 0 Å². The summed E-state index contributed by atoms with van der Waals surface area (Å²) < 4.78 is 6.79. The highest BCUT2D eigenvalue weighted by Crippen LogP contribution is 2.45. The number of hydrogen-bond acceptors (Lipinski definition) is 3. The minimum Gasteiger partial charge on any atom is -0.455 e. The second-order valence-corrected chi connectivity index (χ2v) is 11.6. The average Bonchev–Trinajstić information content (AvgIpc) is 3.53. The van der Waals surface area contributed by atoms with Crippen LogP contribution in [0.15, 0.2) is 174 Å². The van der Waals surface area contributed by atoms with E-state index in [-0.39, 0.29) is 0 Å². The standard InChI is InChI=1S/C43H28N2O/c1-2-17-32(18-3-1)45(39-24-11-15-29-13-4-6-20-34(29)39)33-19-10-16-30(27-33)37-28-31-14-5-7-21-35(31)42-41-36(38-23-8-9-26-44-38)22-12-25-40(41)46-43(37)42/h1-28H. The van der Waals surface area contributed by atoms with Gasteiger partial charge in [-0.05, 0) is 76.3 Å². The van der Waals surface area contributed by atoms with Gasteiger partial charge in [-0.25, -0.2) is 0 Å². The summed E-state index contributed by atoms with van der Waals surface area (Å²) >= 11 is 0. The Bertz CT molecular complexity index is 2530. The Hall–Kier alpha value is -6.19. The predicted molar refractivity (Wildman–Crippen MR) is 192 cm³/mol. The zero-order chi connectivity index (χ0) is 30.5. The van der Waals surface area contributed by atoms with Gasteiger partial charge in [0.1, 0.15) is 11.2 Å². The van der Waals surface area contributed by atoms with Gasteiger partial charge in [0.25, 0.3) is 0 Å². The maximum atomic E-state index is 6.79. The van der Waals surface area contributed by atoms with E-state index in [1.807, 2.05) is 18.3 Å². The molecule has 2 aromatic heterocycles. The van der Waals surface area contributed by atoms with Crippen LogP contribution in [0.2, 0.25) is 0 Å². The maximum Gasteiger partial charge on any atom is 0.143 e. The van der Waals surface area contributed by atoms with Gasteiger partial charge >= 0.3 is 0 Å². The minimum absolute atomic E-state index is 0.855. The lowest BCUT2D eigenvalue weighted by molar-refractivity contribution is 0.670. The molecule has 0 aliphatic carbocycles. The predicted octanol–water partition coefficient (Wildman–Crippen LogP) is 12.1. The summed E-state index contributed by atoms with van der Waals surface area (Å²) in [7, 11) is 0. The molecule has 3 nitrogen and oxygen atoms in total. The van der Waals surface area contributed by atoms with Crippen molar-refractivity contribution < 1.29 is 4.42 Å². The van der Waals surface area contributed by atoms with Crippen molar-refractivity contribution in [1.82, 2.24) is 4.98 Å². The van der Waals surface area contributed by atoms with Crippen molar-refractivity contribution in [2.45, 2.75) is 0 Å². The van der Waals surface area contributed by atoms with Crippen molar-refractivity contribution in [2.75, 3.05) is 4.90 Å². The quantitative estimate of drug-likeness (QED) is 0.200. The van der Waals surface area contributed by atoms with Crippen molar-refractivity contribution in [1.29, 1.82) is 0 Å². The van der Waals surface area contributed by atoms with Gasteiger partial charge in [-0.15, -0.1) is 0 Å². The lowest BCUT2D eigenvalue weighted by Crippen LogP contribution is -2.10. The van der Waals surface area contributed by atoms with Crippen molar-refractivity contribution in [3.8, 4) is 22.4 Å². The summed E-state index contributed by atoms with van der Waals surface area (Å²) in [5.41, 5.74) is 9.20. The van der Waals surface area contributed by atoms with Crippen LogP contribution >= 0.6 is 0 Å². The van der Waals surface area contributed by atoms with Crippen LogP contribution in [0.3, 0.4) is 0 Å². The minimum atomic E-state index is 0.855. The molecule has 0 atom stereocenters. The Morgan fingerprint density at radius 1 is 0.478 bits per heavy atom. The van der Waals surface area contributed by atoms with Crippen LogP contribution in [0.5, 0.6) is 0 Å². The van der Waals surface area contributed by atoms with Gasteiger partial charge in [0.05, 0.1) is 11.4 Å². The first-order valence-corrected chi connectivity index (χ1v) is 15.6. The molecule has 0 unspecified atom stereocenters. The number of hydrogen-bond donors (Lipinski definition) is 0. The normalized spacial score (nSPS) is 11.5. The van der Waals surface area contributed by atoms with Gasteiger partial charge in [-0.2, -0.15) is 0 Å². The molecule has 0 aliphatic rings. The number of anilines is 3. The lowest BCUT2D eigenvalue weighted by Gasteiger charge is -2.27. The molecular weight excluding hydrogens is 560 g/mol. The zero-order valence-corrected chi connectivity index (χ0v) is 25.0. The first kappa shape index (κ1) is 26.2. The smallest absolute Gasteiger partial charge is 0.143 e. The average molecular weight is 589 g/mol. The molecule has 0 aliphatic heterocycles. The number of furan rings is 1. The maximum absolute atomic E-state index is 6.79. The van der Waals surface area contributed by atoms with E-state index in [9.17, 15) is 0 Å². The molecule has 7 aromatic carbocycles. The molecule has 0 spiro atoms. The van der Waals surface area contributed by atoms with Crippen LogP contribution in [0, 0.1) is 0 Å². The summed E-state index contributed by atoms with van der Waals surface area (Å²) in [5, 5.41) is 6.95. The summed E-state index contributed by atoms with van der Waals surface area (Å²) in [6, 6.07) is 57.7. The molecule has 0 amide bonds. The number of aromatic nitrogens is 1. The van der Waals surface area contributed by atoms with Crippen molar-refractivity contribution in [2.24, 2.45) is 0 Å². The molecule has 2 heterocycles. The highest BCUT2D eigenvalue weighted by atomic mass is 16.3. The van der Waals surface area contributed by atoms with E-state index in [2.05, 4.69) is 157 Å². The van der Waals surface area contributed by atoms with Gasteiger partial charge in [0, 0.05) is 44.9 Å². The Morgan fingerprint density at radius 2 is 1.20 bits per heavy atom. The molecule has 3 heteroatoms. The molecule has 0 fully saturated rings. The van der Waals surface area contributed by atoms with Crippen LogP contribution in [0.1, 0.15) is 0 Å². The number of pyridine rings is 1. The van der Waals surface area contributed by atoms with Gasteiger partial charge < -0.3 is 9.32 Å². The fraction of sp³-hybridized carbons (Fsp3) is 0. The molecule has 0 saturated carbocycles. The molecular formula is C43H28N2O. The number of para-hydroxylation sites is 1. The monoisotopic (exact) mass is 588 g/mol. The van der Waals surface area contributed by atoms with Gasteiger partial charge in [0.15, 0.2) is 0 Å². The molecule has 46 heavy (non-hydrogen) atoms. The molecule has 0 saturated heterocycles. The van der Waals surface area contributed by atoms with E-state index in [0.29, 0.717) is 0 Å². The number of rotatable bonds is 5. The van der Waals surface area contributed by atoms with Gasteiger partial charge in [-0.3, -0.25) is 4.98 Å². The van der Waals surface area contributed by atoms with Crippen LogP contribution in [-0.2, 0) is 0 Å².